The molecule has 0 aliphatic heterocycles. The largest absolute Gasteiger partial charge is 0.416 e. The molecule has 1 aromatic heterocycles. The molecule has 0 radical (unpaired) electrons. The average Bonchev–Trinajstić information content (AvgIpc) is 3.02. The van der Waals surface area contributed by atoms with Crippen LogP contribution in [0.5, 0.6) is 0 Å². The number of halogens is 3. The first-order valence-corrected chi connectivity index (χ1v) is 9.25. The number of rotatable bonds is 5. The topological polar surface area (TPSA) is 107 Å². The molecule has 166 valence electrons. The summed E-state index contributed by atoms with van der Waals surface area (Å²) in [6.07, 6.45) is -4.55. The molecule has 0 saturated carbocycles. The molecule has 32 heavy (non-hydrogen) atoms. The quantitative estimate of drug-likeness (QED) is 0.268. The molecule has 8 nitrogen and oxygen atoms in total. The minimum atomic E-state index is -4.55. The maximum Gasteiger partial charge on any atom is 0.416 e. The maximum absolute atomic E-state index is 13.0. The fourth-order valence-corrected chi connectivity index (χ4v) is 3.29. The number of nitrogens with one attached hydrogen (secondary N) is 1. The van der Waals surface area contributed by atoms with Crippen LogP contribution in [-0.4, -0.2) is 26.4 Å². The molecule has 1 amide bonds. The highest BCUT2D eigenvalue weighted by molar-refractivity contribution is 6.47. The highest BCUT2D eigenvalue weighted by Crippen LogP contribution is 2.31. The van der Waals surface area contributed by atoms with Gasteiger partial charge in [-0.05, 0) is 45.0 Å². The van der Waals surface area contributed by atoms with Gasteiger partial charge in [0.05, 0.1) is 44.4 Å². The number of amides is 1. The maximum atomic E-state index is 13.0. The number of hydrogen-bond donors (Lipinski definition) is 1. The number of ketones is 1. The number of nitro groups is 1. The monoisotopic (exact) mass is 446 g/mol. The summed E-state index contributed by atoms with van der Waals surface area (Å²) >= 11 is 0. The lowest BCUT2D eigenvalue weighted by atomic mass is 10.1. The summed E-state index contributed by atoms with van der Waals surface area (Å²) < 4.78 is 40.3. The summed E-state index contributed by atoms with van der Waals surface area (Å²) in [6.45, 7) is 4.34. The lowest BCUT2D eigenvalue weighted by Gasteiger charge is -2.10. The van der Waals surface area contributed by atoms with E-state index in [4.69, 9.17) is 0 Å². The van der Waals surface area contributed by atoms with Gasteiger partial charge in [-0.1, -0.05) is 12.1 Å². The van der Waals surface area contributed by atoms with Crippen molar-refractivity contribution in [2.24, 2.45) is 0 Å². The fourth-order valence-electron chi connectivity index (χ4n) is 3.29. The van der Waals surface area contributed by atoms with Crippen molar-refractivity contribution in [3.8, 4) is 5.69 Å². The summed E-state index contributed by atoms with van der Waals surface area (Å²) in [5.74, 6) is -2.02. The molecule has 3 rings (SSSR count). The first kappa shape index (κ1) is 22.7. The van der Waals surface area contributed by atoms with E-state index in [0.29, 0.717) is 0 Å². The number of carbonyl (C=O) groups is 2. The molecule has 0 bridgehead atoms. The van der Waals surface area contributed by atoms with Crippen molar-refractivity contribution in [1.29, 1.82) is 0 Å². The van der Waals surface area contributed by atoms with E-state index in [1.54, 1.807) is 0 Å². The molecule has 1 N–H and O–H groups in total. The molecule has 11 heteroatoms. The third-order valence-electron chi connectivity index (χ3n) is 4.89. The van der Waals surface area contributed by atoms with E-state index in [2.05, 4.69) is 10.4 Å². The highest BCUT2D eigenvalue weighted by atomic mass is 19.4. The number of carbonyl (C=O) groups excluding carboxylic acids is 2. The molecule has 0 saturated heterocycles. The highest BCUT2D eigenvalue weighted by Gasteiger charge is 2.31. The molecule has 0 unspecified atom stereocenters. The summed E-state index contributed by atoms with van der Waals surface area (Å²) in [4.78, 5) is 35.8. The van der Waals surface area contributed by atoms with Gasteiger partial charge in [0.15, 0.2) is 0 Å². The Labute approximate surface area is 179 Å². The van der Waals surface area contributed by atoms with Crippen molar-refractivity contribution >= 4 is 23.1 Å². The second-order valence-corrected chi connectivity index (χ2v) is 7.00. The van der Waals surface area contributed by atoms with Crippen LogP contribution in [0.3, 0.4) is 0 Å². The smallest absolute Gasteiger partial charge is 0.319 e. The van der Waals surface area contributed by atoms with Crippen LogP contribution >= 0.6 is 0 Å². The van der Waals surface area contributed by atoms with Crippen molar-refractivity contribution in [3.63, 3.8) is 0 Å². The molecular formula is C21H17F3N4O4. The number of hydrogen-bond acceptors (Lipinski definition) is 5. The number of alkyl halides is 3. The first-order chi connectivity index (χ1) is 14.9. The van der Waals surface area contributed by atoms with Gasteiger partial charge in [0.2, 0.25) is 0 Å². The van der Waals surface area contributed by atoms with Crippen LogP contribution in [0.25, 0.3) is 5.69 Å². The zero-order valence-electron chi connectivity index (χ0n) is 17.1. The average molecular weight is 446 g/mol. The Morgan fingerprint density at radius 1 is 1.09 bits per heavy atom. The molecule has 0 fully saturated rings. The number of Topliss-reactive ketones (excluding diaryl/α,β-unsaturated/α-hetero) is 1. The molecular weight excluding hydrogens is 429 g/mol. The molecule has 0 aliphatic rings. The van der Waals surface area contributed by atoms with Crippen LogP contribution in [0, 0.1) is 30.9 Å². The van der Waals surface area contributed by atoms with Gasteiger partial charge >= 0.3 is 6.18 Å². The van der Waals surface area contributed by atoms with E-state index in [1.807, 2.05) is 0 Å². The Bertz CT molecular complexity index is 1250. The summed E-state index contributed by atoms with van der Waals surface area (Å²) in [5, 5.41) is 17.6. The Hall–Kier alpha value is -4.02. The number of nitrogens with zero attached hydrogens (tertiary/aromatic N) is 3. The summed E-state index contributed by atoms with van der Waals surface area (Å²) in [6, 6.07) is 8.46. The van der Waals surface area contributed by atoms with Crippen LogP contribution in [0.15, 0.2) is 42.5 Å². The molecule has 3 aromatic rings. The van der Waals surface area contributed by atoms with Crippen molar-refractivity contribution in [2.45, 2.75) is 26.9 Å². The summed E-state index contributed by atoms with van der Waals surface area (Å²) in [7, 11) is 0. The third kappa shape index (κ3) is 4.22. The van der Waals surface area contributed by atoms with Gasteiger partial charge in [-0.15, -0.1) is 0 Å². The predicted octanol–water partition coefficient (Wildman–Crippen LogP) is 4.55. The van der Waals surface area contributed by atoms with Gasteiger partial charge in [-0.25, -0.2) is 4.68 Å². The SMILES string of the molecule is Cc1nn(-c2cccc(C(F)(F)F)c2)c(C)c1C(=O)C(=O)Nc1cccc([N+](=O)[O-])c1C. The van der Waals surface area contributed by atoms with Crippen LogP contribution in [0.2, 0.25) is 0 Å². The van der Waals surface area contributed by atoms with Crippen LogP contribution in [0.4, 0.5) is 24.5 Å². The second-order valence-electron chi connectivity index (χ2n) is 7.00. The lowest BCUT2D eigenvalue weighted by Crippen LogP contribution is -2.24. The van der Waals surface area contributed by atoms with Gasteiger partial charge < -0.3 is 5.32 Å². The number of aryl methyl sites for hydroxylation is 1. The minimum absolute atomic E-state index is 0.0667. The van der Waals surface area contributed by atoms with Gasteiger partial charge in [-0.3, -0.25) is 19.7 Å². The van der Waals surface area contributed by atoms with Crippen LogP contribution in [0.1, 0.15) is 32.9 Å². The third-order valence-corrected chi connectivity index (χ3v) is 4.89. The van der Waals surface area contributed by atoms with E-state index in [1.165, 1.54) is 51.1 Å². The molecule has 0 aliphatic carbocycles. The van der Waals surface area contributed by atoms with Crippen molar-refractivity contribution < 1.29 is 27.7 Å². The standard InChI is InChI=1S/C21H17F3N4O4/c1-11-16(8-5-9-17(11)28(31)32)25-20(30)19(29)18-12(2)26-27(13(18)3)15-7-4-6-14(10-15)21(22,23)24/h4-10H,1-3H3,(H,25,30). The zero-order valence-corrected chi connectivity index (χ0v) is 17.1. The van der Waals surface area contributed by atoms with Gasteiger partial charge in [0.1, 0.15) is 0 Å². The number of nitro benzene ring substituents is 1. The van der Waals surface area contributed by atoms with E-state index >= 15 is 0 Å². The van der Waals surface area contributed by atoms with Crippen molar-refractivity contribution in [3.05, 3.63) is 80.7 Å². The fraction of sp³-hybridized carbons (Fsp3) is 0.190. The van der Waals surface area contributed by atoms with E-state index in [9.17, 15) is 32.9 Å². The Morgan fingerprint density at radius 3 is 2.38 bits per heavy atom. The molecule has 2 aromatic carbocycles. The van der Waals surface area contributed by atoms with Crippen LogP contribution in [-0.2, 0) is 11.0 Å². The Balaban J connectivity index is 1.94. The second kappa shape index (κ2) is 8.25. The minimum Gasteiger partial charge on any atom is -0.319 e. The molecule has 1 heterocycles. The number of aromatic nitrogens is 2. The number of anilines is 1. The van der Waals surface area contributed by atoms with Gasteiger partial charge in [0.25, 0.3) is 17.4 Å². The first-order valence-electron chi connectivity index (χ1n) is 9.25. The molecule has 0 atom stereocenters. The normalized spacial score (nSPS) is 11.3. The van der Waals surface area contributed by atoms with E-state index < -0.39 is 28.4 Å². The van der Waals surface area contributed by atoms with Crippen molar-refractivity contribution in [2.75, 3.05) is 5.32 Å². The lowest BCUT2D eigenvalue weighted by molar-refractivity contribution is -0.385. The Morgan fingerprint density at radius 2 is 1.75 bits per heavy atom. The van der Waals surface area contributed by atoms with Crippen molar-refractivity contribution in [1.82, 2.24) is 9.78 Å². The zero-order chi connectivity index (χ0) is 23.8. The summed E-state index contributed by atoms with van der Waals surface area (Å²) in [5.41, 5.74) is -0.495. The van der Waals surface area contributed by atoms with E-state index in [0.717, 1.165) is 16.8 Å². The van der Waals surface area contributed by atoms with Gasteiger partial charge in [0, 0.05) is 6.07 Å². The Kier molecular flexibility index (Phi) is 5.84. The number of benzene rings is 2. The van der Waals surface area contributed by atoms with Gasteiger partial charge in [-0.2, -0.15) is 18.3 Å². The van der Waals surface area contributed by atoms with E-state index in [-0.39, 0.29) is 39.6 Å². The predicted molar refractivity (Wildman–Crippen MR) is 109 cm³/mol. The molecule has 0 spiro atoms. The van der Waals surface area contributed by atoms with Crippen LogP contribution < -0.4 is 5.32 Å².